The molecule has 1 N–H and O–H groups in total. The molecule has 0 aliphatic heterocycles. The topological polar surface area (TPSA) is 21.3 Å². The Bertz CT molecular complexity index is 584. The highest BCUT2D eigenvalue weighted by Gasteiger charge is 2.15. The number of nitrogens with one attached hydrogen (secondary N) is 1. The third kappa shape index (κ3) is 4.31. The molecule has 2 aromatic carbocycles. The van der Waals surface area contributed by atoms with Crippen molar-refractivity contribution in [2.75, 3.05) is 13.7 Å². The Kier molecular flexibility index (Phi) is 6.27. The summed E-state index contributed by atoms with van der Waals surface area (Å²) in [5, 5.41) is 3.37. The molecule has 0 fully saturated rings. The second-order valence-electron chi connectivity index (χ2n) is 4.81. The van der Waals surface area contributed by atoms with E-state index in [4.69, 9.17) is 4.74 Å². The molecule has 2 aromatic rings. The monoisotopic (exact) mass is 411 g/mol. The molecule has 4 heteroatoms. The van der Waals surface area contributed by atoms with Crippen molar-refractivity contribution in [1.82, 2.24) is 5.32 Å². The van der Waals surface area contributed by atoms with Crippen molar-refractivity contribution in [3.63, 3.8) is 0 Å². The molecule has 0 aliphatic carbocycles. The minimum atomic E-state index is 0.146. The first-order chi connectivity index (χ1) is 10.2. The van der Waals surface area contributed by atoms with E-state index in [0.717, 1.165) is 27.7 Å². The third-order valence-corrected chi connectivity index (χ3v) is 4.43. The van der Waals surface area contributed by atoms with Crippen LogP contribution in [0.2, 0.25) is 0 Å². The van der Waals surface area contributed by atoms with Crippen LogP contribution < -0.4 is 10.1 Å². The van der Waals surface area contributed by atoms with Gasteiger partial charge in [-0.25, -0.2) is 0 Å². The second kappa shape index (κ2) is 7.97. The lowest BCUT2D eigenvalue weighted by atomic mass is 9.99. The van der Waals surface area contributed by atoms with Crippen LogP contribution in [-0.4, -0.2) is 13.7 Å². The summed E-state index contributed by atoms with van der Waals surface area (Å²) in [6, 6.07) is 14.7. The highest BCUT2D eigenvalue weighted by molar-refractivity contribution is 9.11. The number of hydrogen-bond acceptors (Lipinski definition) is 2. The molecule has 0 saturated heterocycles. The predicted molar refractivity (Wildman–Crippen MR) is 95.0 cm³/mol. The fourth-order valence-electron chi connectivity index (χ4n) is 2.21. The summed E-state index contributed by atoms with van der Waals surface area (Å²) in [5.41, 5.74) is 2.42. The van der Waals surface area contributed by atoms with Gasteiger partial charge in [-0.3, -0.25) is 0 Å². The molecule has 21 heavy (non-hydrogen) atoms. The number of hydrogen-bond donors (Lipinski definition) is 1. The summed E-state index contributed by atoms with van der Waals surface area (Å²) in [6.45, 7) is 2.86. The Morgan fingerprint density at radius 2 is 1.81 bits per heavy atom. The van der Waals surface area contributed by atoms with Crippen molar-refractivity contribution in [2.45, 2.75) is 19.4 Å². The highest BCUT2D eigenvalue weighted by atomic mass is 79.9. The lowest BCUT2D eigenvalue weighted by Gasteiger charge is -2.19. The Labute approximate surface area is 143 Å². The zero-order valence-electron chi connectivity index (χ0n) is 12.2. The summed E-state index contributed by atoms with van der Waals surface area (Å²) in [4.78, 5) is 0. The van der Waals surface area contributed by atoms with Gasteiger partial charge in [0.25, 0.3) is 0 Å². The van der Waals surface area contributed by atoms with Crippen LogP contribution in [-0.2, 0) is 0 Å². The van der Waals surface area contributed by atoms with Gasteiger partial charge in [0, 0.05) is 8.95 Å². The minimum absolute atomic E-state index is 0.146. The van der Waals surface area contributed by atoms with Gasteiger partial charge in [-0.2, -0.15) is 0 Å². The van der Waals surface area contributed by atoms with E-state index in [-0.39, 0.29) is 6.04 Å². The second-order valence-corrected chi connectivity index (χ2v) is 6.58. The van der Waals surface area contributed by atoms with E-state index in [0.29, 0.717) is 0 Å². The average Bonchev–Trinajstić information content (AvgIpc) is 2.49. The van der Waals surface area contributed by atoms with E-state index >= 15 is 0 Å². The molecular formula is C17H19Br2NO. The molecule has 0 spiro atoms. The molecule has 1 unspecified atom stereocenters. The molecular weight excluding hydrogens is 394 g/mol. The molecule has 0 aliphatic rings. The van der Waals surface area contributed by atoms with Crippen LogP contribution >= 0.6 is 31.9 Å². The van der Waals surface area contributed by atoms with Crippen LogP contribution in [0.4, 0.5) is 0 Å². The van der Waals surface area contributed by atoms with Gasteiger partial charge >= 0.3 is 0 Å². The van der Waals surface area contributed by atoms with Gasteiger partial charge < -0.3 is 10.1 Å². The quantitative estimate of drug-likeness (QED) is 0.694. The summed E-state index contributed by atoms with van der Waals surface area (Å²) < 4.78 is 7.78. The molecule has 0 radical (unpaired) electrons. The van der Waals surface area contributed by atoms with Crippen LogP contribution in [0.3, 0.4) is 0 Å². The molecule has 2 rings (SSSR count). The molecule has 0 bridgehead atoms. The van der Waals surface area contributed by atoms with Crippen molar-refractivity contribution >= 4 is 31.9 Å². The third-order valence-electron chi connectivity index (χ3n) is 3.25. The summed E-state index contributed by atoms with van der Waals surface area (Å²) in [6.07, 6.45) is 1.02. The Morgan fingerprint density at radius 1 is 1.10 bits per heavy atom. The fourth-order valence-corrected chi connectivity index (χ4v) is 3.49. The van der Waals surface area contributed by atoms with Crippen LogP contribution in [0.25, 0.3) is 0 Å². The zero-order valence-corrected chi connectivity index (χ0v) is 15.4. The van der Waals surface area contributed by atoms with E-state index in [1.54, 1.807) is 0 Å². The molecule has 0 saturated carbocycles. The lowest BCUT2D eigenvalue weighted by molar-refractivity contribution is 0.317. The maximum Gasteiger partial charge on any atom is 0.119 e. The Balaban J connectivity index is 2.24. The normalized spacial score (nSPS) is 12.2. The van der Waals surface area contributed by atoms with Gasteiger partial charge in [0.2, 0.25) is 0 Å². The first kappa shape index (κ1) is 16.5. The van der Waals surface area contributed by atoms with Gasteiger partial charge in [0.1, 0.15) is 5.75 Å². The number of benzene rings is 2. The molecule has 1 atom stereocenters. The summed E-state index contributed by atoms with van der Waals surface area (Å²) in [7, 11) is 1.97. The van der Waals surface area contributed by atoms with E-state index in [2.05, 4.69) is 74.4 Å². The molecule has 0 amide bonds. The van der Waals surface area contributed by atoms with Crippen molar-refractivity contribution in [3.05, 3.63) is 62.5 Å². The van der Waals surface area contributed by atoms with E-state index in [1.807, 2.05) is 19.2 Å². The van der Waals surface area contributed by atoms with Crippen LogP contribution in [0, 0.1) is 0 Å². The van der Waals surface area contributed by atoms with Crippen molar-refractivity contribution in [1.29, 1.82) is 0 Å². The zero-order chi connectivity index (χ0) is 15.2. The largest absolute Gasteiger partial charge is 0.494 e. The fraction of sp³-hybridized carbons (Fsp3) is 0.294. The number of halogens is 2. The first-order valence-electron chi connectivity index (χ1n) is 7.00. The molecule has 0 heterocycles. The van der Waals surface area contributed by atoms with Crippen LogP contribution in [0.1, 0.15) is 30.5 Å². The van der Waals surface area contributed by atoms with Crippen molar-refractivity contribution < 1.29 is 4.74 Å². The number of ether oxygens (including phenoxy) is 1. The Morgan fingerprint density at radius 3 is 2.38 bits per heavy atom. The van der Waals surface area contributed by atoms with E-state index in [1.165, 1.54) is 11.1 Å². The maximum absolute atomic E-state index is 5.63. The predicted octanol–water partition coefficient (Wildman–Crippen LogP) is 5.31. The minimum Gasteiger partial charge on any atom is -0.494 e. The van der Waals surface area contributed by atoms with Crippen LogP contribution in [0.15, 0.2) is 51.4 Å². The highest BCUT2D eigenvalue weighted by Crippen LogP contribution is 2.31. The average molecular weight is 413 g/mol. The van der Waals surface area contributed by atoms with Gasteiger partial charge in [-0.05, 0) is 48.9 Å². The van der Waals surface area contributed by atoms with Gasteiger partial charge in [0.05, 0.1) is 12.6 Å². The molecule has 2 nitrogen and oxygen atoms in total. The van der Waals surface area contributed by atoms with Gasteiger partial charge in [0.15, 0.2) is 0 Å². The molecule has 0 aromatic heterocycles. The SMILES string of the molecule is CCCOc1ccc(C(NC)c2ccc(Br)cc2Br)cc1. The molecule has 112 valence electrons. The van der Waals surface area contributed by atoms with Gasteiger partial charge in [-0.1, -0.05) is 57.0 Å². The van der Waals surface area contributed by atoms with Crippen molar-refractivity contribution in [3.8, 4) is 5.75 Å². The van der Waals surface area contributed by atoms with Crippen LogP contribution in [0.5, 0.6) is 5.75 Å². The van der Waals surface area contributed by atoms with Crippen molar-refractivity contribution in [2.24, 2.45) is 0 Å². The maximum atomic E-state index is 5.63. The summed E-state index contributed by atoms with van der Waals surface area (Å²) >= 11 is 7.13. The van der Waals surface area contributed by atoms with E-state index in [9.17, 15) is 0 Å². The smallest absolute Gasteiger partial charge is 0.119 e. The Hall–Kier alpha value is -0.840. The summed E-state index contributed by atoms with van der Waals surface area (Å²) in [5.74, 6) is 0.922. The first-order valence-corrected chi connectivity index (χ1v) is 8.59. The lowest BCUT2D eigenvalue weighted by Crippen LogP contribution is -2.18. The van der Waals surface area contributed by atoms with E-state index < -0.39 is 0 Å². The number of rotatable bonds is 6. The standard InChI is InChI=1S/C17H19Br2NO/c1-3-10-21-14-7-4-12(5-8-14)17(20-2)15-9-6-13(18)11-16(15)19/h4-9,11,17,20H,3,10H2,1-2H3. The van der Waals surface area contributed by atoms with Gasteiger partial charge in [-0.15, -0.1) is 0 Å².